The van der Waals surface area contributed by atoms with Crippen LogP contribution in [0.25, 0.3) is 0 Å². The van der Waals surface area contributed by atoms with E-state index in [0.717, 1.165) is 62.7 Å². The summed E-state index contributed by atoms with van der Waals surface area (Å²) in [5.41, 5.74) is 2.03. The molecule has 0 aliphatic carbocycles. The molecule has 1 unspecified atom stereocenters. The largest absolute Gasteiger partial charge is 0.476 e. The van der Waals surface area contributed by atoms with Crippen molar-refractivity contribution in [2.75, 3.05) is 42.5 Å². The van der Waals surface area contributed by atoms with Gasteiger partial charge in [0.15, 0.2) is 11.9 Å². The summed E-state index contributed by atoms with van der Waals surface area (Å²) in [6.07, 6.45) is 1.68. The van der Waals surface area contributed by atoms with E-state index in [9.17, 15) is 4.79 Å². The van der Waals surface area contributed by atoms with Crippen molar-refractivity contribution in [3.8, 4) is 5.75 Å². The van der Waals surface area contributed by atoms with Crippen LogP contribution in [0, 0.1) is 0 Å². The van der Waals surface area contributed by atoms with Gasteiger partial charge >= 0.3 is 0 Å². The number of hydrogen-bond acceptors (Lipinski definition) is 4. The van der Waals surface area contributed by atoms with Gasteiger partial charge in [-0.05, 0) is 25.5 Å². The highest BCUT2D eigenvalue weighted by molar-refractivity contribution is 6.01. The van der Waals surface area contributed by atoms with Crippen molar-refractivity contribution in [3.63, 3.8) is 0 Å². The highest BCUT2D eigenvalue weighted by Crippen LogP contribution is 2.42. The van der Waals surface area contributed by atoms with Gasteiger partial charge in [-0.25, -0.2) is 0 Å². The predicted octanol–water partition coefficient (Wildman–Crippen LogP) is 2.01. The number of unbranched alkanes of at least 4 members (excludes halogenated alkanes) is 1. The molecule has 5 heteroatoms. The Kier molecular flexibility index (Phi) is 4.52. The van der Waals surface area contributed by atoms with Crippen LogP contribution in [0.5, 0.6) is 5.75 Å². The molecule has 3 rings (SSSR count). The number of nitrogens with one attached hydrogen (secondary N) is 1. The fourth-order valence-corrected chi connectivity index (χ4v) is 3.11. The molecule has 0 bridgehead atoms. The van der Waals surface area contributed by atoms with E-state index >= 15 is 0 Å². The third kappa shape index (κ3) is 2.77. The van der Waals surface area contributed by atoms with Gasteiger partial charge in [0.2, 0.25) is 0 Å². The van der Waals surface area contributed by atoms with Crippen molar-refractivity contribution in [1.82, 2.24) is 5.32 Å². The number of carbonyl (C=O) groups is 1. The Labute approximate surface area is 132 Å². The monoisotopic (exact) mass is 303 g/mol. The van der Waals surface area contributed by atoms with E-state index in [-0.39, 0.29) is 5.91 Å². The number of piperazine rings is 1. The molecule has 0 saturated carbocycles. The second-order valence-electron chi connectivity index (χ2n) is 5.97. The van der Waals surface area contributed by atoms with Crippen molar-refractivity contribution >= 4 is 17.3 Å². The summed E-state index contributed by atoms with van der Waals surface area (Å²) >= 11 is 0. The van der Waals surface area contributed by atoms with E-state index in [4.69, 9.17) is 4.74 Å². The first-order chi connectivity index (χ1) is 10.7. The SMILES string of the molecule is CCCCN1C(=O)C(C)Oc2c(N3CCNCC3)cccc21. The van der Waals surface area contributed by atoms with Crippen LogP contribution in [0.4, 0.5) is 11.4 Å². The molecule has 2 aliphatic heterocycles. The van der Waals surface area contributed by atoms with E-state index in [0.29, 0.717) is 0 Å². The molecule has 1 fully saturated rings. The van der Waals surface area contributed by atoms with Crippen LogP contribution in [0.15, 0.2) is 18.2 Å². The fraction of sp³-hybridized carbons (Fsp3) is 0.588. The first-order valence-electron chi connectivity index (χ1n) is 8.29. The van der Waals surface area contributed by atoms with Crippen LogP contribution < -0.4 is 19.9 Å². The van der Waals surface area contributed by atoms with Crippen LogP contribution in [-0.4, -0.2) is 44.7 Å². The molecule has 1 aromatic carbocycles. The molecule has 0 spiro atoms. The van der Waals surface area contributed by atoms with Gasteiger partial charge in [-0.1, -0.05) is 19.4 Å². The van der Waals surface area contributed by atoms with E-state index in [1.807, 2.05) is 24.0 Å². The Morgan fingerprint density at radius 2 is 2.00 bits per heavy atom. The van der Waals surface area contributed by atoms with Crippen molar-refractivity contribution < 1.29 is 9.53 Å². The third-order valence-electron chi connectivity index (χ3n) is 4.37. The molecule has 1 saturated heterocycles. The summed E-state index contributed by atoms with van der Waals surface area (Å²) in [7, 11) is 0. The quantitative estimate of drug-likeness (QED) is 0.924. The average molecular weight is 303 g/mol. The van der Waals surface area contributed by atoms with Crippen LogP contribution in [0.2, 0.25) is 0 Å². The lowest BCUT2D eigenvalue weighted by Crippen LogP contribution is -2.47. The first kappa shape index (κ1) is 15.2. The van der Waals surface area contributed by atoms with Gasteiger partial charge in [0, 0.05) is 32.7 Å². The van der Waals surface area contributed by atoms with E-state index < -0.39 is 6.10 Å². The number of para-hydroxylation sites is 1. The second-order valence-corrected chi connectivity index (χ2v) is 5.97. The normalized spacial score (nSPS) is 21.5. The summed E-state index contributed by atoms with van der Waals surface area (Å²) in [6, 6.07) is 6.13. The number of amides is 1. The Morgan fingerprint density at radius 1 is 1.27 bits per heavy atom. The molecule has 5 nitrogen and oxygen atoms in total. The zero-order chi connectivity index (χ0) is 15.5. The molecular formula is C17H25N3O2. The molecule has 2 heterocycles. The van der Waals surface area contributed by atoms with Gasteiger partial charge in [0.25, 0.3) is 5.91 Å². The number of hydrogen-bond donors (Lipinski definition) is 1. The van der Waals surface area contributed by atoms with Crippen molar-refractivity contribution in [2.24, 2.45) is 0 Å². The Bertz CT molecular complexity index is 541. The van der Waals surface area contributed by atoms with Crippen molar-refractivity contribution in [3.05, 3.63) is 18.2 Å². The lowest BCUT2D eigenvalue weighted by atomic mass is 10.1. The molecule has 0 radical (unpaired) electrons. The van der Waals surface area contributed by atoms with Crippen LogP contribution in [0.1, 0.15) is 26.7 Å². The van der Waals surface area contributed by atoms with E-state index in [1.54, 1.807) is 0 Å². The summed E-state index contributed by atoms with van der Waals surface area (Å²) in [5, 5.41) is 3.37. The number of ether oxygens (including phenoxy) is 1. The Balaban J connectivity index is 1.96. The molecule has 22 heavy (non-hydrogen) atoms. The Hall–Kier alpha value is -1.75. The van der Waals surface area contributed by atoms with Gasteiger partial charge < -0.3 is 19.9 Å². The van der Waals surface area contributed by atoms with Crippen molar-refractivity contribution in [2.45, 2.75) is 32.8 Å². The minimum absolute atomic E-state index is 0.0680. The molecule has 1 aromatic rings. The molecule has 1 atom stereocenters. The summed E-state index contributed by atoms with van der Waals surface area (Å²) in [6.45, 7) is 8.66. The topological polar surface area (TPSA) is 44.8 Å². The molecule has 1 N–H and O–H groups in total. The Morgan fingerprint density at radius 3 is 2.73 bits per heavy atom. The minimum atomic E-state index is -0.409. The summed E-state index contributed by atoms with van der Waals surface area (Å²) < 4.78 is 5.99. The lowest BCUT2D eigenvalue weighted by Gasteiger charge is -2.37. The van der Waals surface area contributed by atoms with Gasteiger partial charge in [-0.15, -0.1) is 0 Å². The van der Waals surface area contributed by atoms with Crippen LogP contribution >= 0.6 is 0 Å². The molecular weight excluding hydrogens is 278 g/mol. The van der Waals surface area contributed by atoms with Gasteiger partial charge in [-0.3, -0.25) is 4.79 Å². The standard InChI is InChI=1S/C17H25N3O2/c1-3-4-10-20-15-7-5-6-14(19-11-8-18-9-12-19)16(15)22-13(2)17(20)21/h5-7,13,18H,3-4,8-12H2,1-2H3. The van der Waals surface area contributed by atoms with E-state index in [1.165, 1.54) is 0 Å². The van der Waals surface area contributed by atoms with Crippen LogP contribution in [0.3, 0.4) is 0 Å². The maximum atomic E-state index is 12.5. The van der Waals surface area contributed by atoms with Gasteiger partial charge in [-0.2, -0.15) is 0 Å². The molecule has 120 valence electrons. The second kappa shape index (κ2) is 6.57. The number of rotatable bonds is 4. The molecule has 1 amide bonds. The minimum Gasteiger partial charge on any atom is -0.476 e. The number of carbonyl (C=O) groups excluding carboxylic acids is 1. The lowest BCUT2D eigenvalue weighted by molar-refractivity contribution is -0.125. The molecule has 2 aliphatic rings. The number of nitrogens with zero attached hydrogens (tertiary/aromatic N) is 2. The summed E-state index contributed by atoms with van der Waals surface area (Å²) in [5.74, 6) is 0.936. The number of benzene rings is 1. The zero-order valence-electron chi connectivity index (χ0n) is 13.5. The maximum absolute atomic E-state index is 12.5. The average Bonchev–Trinajstić information content (AvgIpc) is 2.56. The highest BCUT2D eigenvalue weighted by Gasteiger charge is 2.33. The highest BCUT2D eigenvalue weighted by atomic mass is 16.5. The van der Waals surface area contributed by atoms with Gasteiger partial charge in [0.1, 0.15) is 0 Å². The zero-order valence-corrected chi connectivity index (χ0v) is 13.5. The van der Waals surface area contributed by atoms with Gasteiger partial charge in [0.05, 0.1) is 11.4 Å². The van der Waals surface area contributed by atoms with Crippen LogP contribution in [-0.2, 0) is 4.79 Å². The van der Waals surface area contributed by atoms with Crippen molar-refractivity contribution in [1.29, 1.82) is 0 Å². The maximum Gasteiger partial charge on any atom is 0.267 e. The third-order valence-corrected chi connectivity index (χ3v) is 4.37. The van der Waals surface area contributed by atoms with E-state index in [2.05, 4.69) is 23.2 Å². The number of anilines is 2. The molecule has 0 aromatic heterocycles. The number of fused-ring (bicyclic) bond motifs is 1. The predicted molar refractivity (Wildman–Crippen MR) is 88.9 cm³/mol. The first-order valence-corrected chi connectivity index (χ1v) is 8.29. The summed E-state index contributed by atoms with van der Waals surface area (Å²) in [4.78, 5) is 16.7. The fourth-order valence-electron chi connectivity index (χ4n) is 3.11. The smallest absolute Gasteiger partial charge is 0.267 e.